The lowest BCUT2D eigenvalue weighted by atomic mass is 9.78. The van der Waals surface area contributed by atoms with Crippen LogP contribution in [0.25, 0.3) is 0 Å². The van der Waals surface area contributed by atoms with E-state index in [0.717, 1.165) is 30.0 Å². The Hall–Kier alpha value is -1.54. The molecule has 2 N–H and O–H groups in total. The molecule has 0 radical (unpaired) electrons. The van der Waals surface area contributed by atoms with Gasteiger partial charge in [0.25, 0.3) is 0 Å². The highest BCUT2D eigenvalue weighted by molar-refractivity contribution is 6.32. The van der Waals surface area contributed by atoms with Crippen molar-refractivity contribution in [2.45, 2.75) is 31.5 Å². The molecule has 0 bridgehead atoms. The van der Waals surface area contributed by atoms with E-state index < -0.39 is 12.2 Å². The van der Waals surface area contributed by atoms with Gasteiger partial charge in [0, 0.05) is 25.0 Å². The number of aliphatic hydroxyl groups is 2. The molecule has 182 valence electrons. The second-order valence-corrected chi connectivity index (χ2v) is 9.51. The standard InChI is InChI=1S/C25H33Cl2NO5/c1-25(2,19-5-8-24(23(27)13-19)33-16-20(29)14-26)18-3-6-22(7-4-18)32-17-21(30)15-28-9-11-31-12-10-28/h3-8,13,20-21,29-30H,9-12,14-17H2,1-2H3/t20-,21+/m1/s1. The predicted molar refractivity (Wildman–Crippen MR) is 131 cm³/mol. The van der Waals surface area contributed by atoms with E-state index in [1.165, 1.54) is 0 Å². The predicted octanol–water partition coefficient (Wildman–Crippen LogP) is 3.72. The van der Waals surface area contributed by atoms with Gasteiger partial charge in [0.1, 0.15) is 36.9 Å². The van der Waals surface area contributed by atoms with Gasteiger partial charge in [-0.15, -0.1) is 11.6 Å². The Morgan fingerprint density at radius 2 is 1.61 bits per heavy atom. The van der Waals surface area contributed by atoms with E-state index >= 15 is 0 Å². The van der Waals surface area contributed by atoms with Crippen LogP contribution in [0.5, 0.6) is 11.5 Å². The van der Waals surface area contributed by atoms with Crippen molar-refractivity contribution in [1.29, 1.82) is 0 Å². The van der Waals surface area contributed by atoms with Crippen LogP contribution in [-0.2, 0) is 10.2 Å². The van der Waals surface area contributed by atoms with E-state index in [1.54, 1.807) is 0 Å². The molecule has 2 aromatic rings. The smallest absolute Gasteiger partial charge is 0.138 e. The molecule has 2 aromatic carbocycles. The first-order valence-electron chi connectivity index (χ1n) is 11.2. The maximum absolute atomic E-state index is 10.3. The molecule has 2 atom stereocenters. The van der Waals surface area contributed by atoms with Gasteiger partial charge < -0.3 is 24.4 Å². The molecular formula is C25H33Cl2NO5. The van der Waals surface area contributed by atoms with Gasteiger partial charge in [-0.1, -0.05) is 43.6 Å². The highest BCUT2D eigenvalue weighted by Crippen LogP contribution is 2.36. The summed E-state index contributed by atoms with van der Waals surface area (Å²) in [5.41, 5.74) is 1.84. The summed E-state index contributed by atoms with van der Waals surface area (Å²) in [6.45, 7) is 8.27. The van der Waals surface area contributed by atoms with Crippen LogP contribution in [0.4, 0.5) is 0 Å². The summed E-state index contributed by atoms with van der Waals surface area (Å²) in [5.74, 6) is 1.34. The van der Waals surface area contributed by atoms with Gasteiger partial charge in [0.05, 0.1) is 24.1 Å². The second kappa shape index (κ2) is 12.2. The Morgan fingerprint density at radius 1 is 0.970 bits per heavy atom. The molecule has 0 aromatic heterocycles. The number of ether oxygens (including phenoxy) is 3. The van der Waals surface area contributed by atoms with Crippen molar-refractivity contribution >= 4 is 23.2 Å². The third-order valence-electron chi connectivity index (χ3n) is 5.85. The summed E-state index contributed by atoms with van der Waals surface area (Å²) in [6, 6.07) is 13.6. The molecule has 1 fully saturated rings. The second-order valence-electron chi connectivity index (χ2n) is 8.79. The molecule has 0 spiro atoms. The van der Waals surface area contributed by atoms with Crippen molar-refractivity contribution in [1.82, 2.24) is 4.90 Å². The van der Waals surface area contributed by atoms with Gasteiger partial charge in [0.15, 0.2) is 0 Å². The Morgan fingerprint density at radius 3 is 2.24 bits per heavy atom. The SMILES string of the molecule is CC(C)(c1ccc(OC[C@@H](O)CN2CCOCC2)cc1)c1ccc(OC[C@H](O)CCl)c(Cl)c1. The first kappa shape index (κ1) is 26.1. The Bertz CT molecular complexity index is 872. The van der Waals surface area contributed by atoms with Crippen LogP contribution in [0.2, 0.25) is 5.02 Å². The molecule has 0 saturated carbocycles. The fraction of sp³-hybridized carbons (Fsp3) is 0.520. The van der Waals surface area contributed by atoms with Gasteiger partial charge >= 0.3 is 0 Å². The number of morpholine rings is 1. The molecule has 6 nitrogen and oxygen atoms in total. The molecule has 1 saturated heterocycles. The van der Waals surface area contributed by atoms with Gasteiger partial charge in [0.2, 0.25) is 0 Å². The fourth-order valence-electron chi connectivity index (χ4n) is 3.70. The number of halogens is 2. The van der Waals surface area contributed by atoms with Crippen LogP contribution in [-0.4, -0.2) is 79.3 Å². The number of rotatable bonds is 11. The van der Waals surface area contributed by atoms with E-state index in [-0.39, 0.29) is 24.5 Å². The summed E-state index contributed by atoms with van der Waals surface area (Å²) in [4.78, 5) is 2.19. The molecular weight excluding hydrogens is 465 g/mol. The lowest BCUT2D eigenvalue weighted by Crippen LogP contribution is -2.42. The number of aliphatic hydroxyl groups excluding tert-OH is 2. The average molecular weight is 498 g/mol. The number of hydrogen-bond acceptors (Lipinski definition) is 6. The van der Waals surface area contributed by atoms with Gasteiger partial charge in [-0.2, -0.15) is 0 Å². The number of nitrogens with zero attached hydrogens (tertiary/aromatic N) is 1. The summed E-state index contributed by atoms with van der Waals surface area (Å²) < 4.78 is 16.7. The monoisotopic (exact) mass is 497 g/mol. The van der Waals surface area contributed by atoms with E-state index in [4.69, 9.17) is 37.4 Å². The van der Waals surface area contributed by atoms with Crippen molar-refractivity contribution in [3.8, 4) is 11.5 Å². The fourth-order valence-corrected chi connectivity index (χ4v) is 4.02. The van der Waals surface area contributed by atoms with Crippen LogP contribution >= 0.6 is 23.2 Å². The van der Waals surface area contributed by atoms with Gasteiger partial charge in [-0.25, -0.2) is 0 Å². The van der Waals surface area contributed by atoms with Gasteiger partial charge in [-0.05, 0) is 35.4 Å². The van der Waals surface area contributed by atoms with Crippen molar-refractivity contribution in [3.05, 3.63) is 58.6 Å². The molecule has 3 rings (SSSR count). The molecule has 0 aliphatic carbocycles. The third-order valence-corrected chi connectivity index (χ3v) is 6.51. The number of β-amino-alcohol motifs (C(OH)–C–C–N with tert-alkyl or cyclic N) is 1. The third kappa shape index (κ3) is 7.47. The Balaban J connectivity index is 1.57. The highest BCUT2D eigenvalue weighted by Gasteiger charge is 2.24. The minimum absolute atomic E-state index is 0.0918. The first-order valence-corrected chi connectivity index (χ1v) is 12.1. The quantitative estimate of drug-likeness (QED) is 0.461. The van der Waals surface area contributed by atoms with Crippen molar-refractivity contribution < 1.29 is 24.4 Å². The zero-order valence-corrected chi connectivity index (χ0v) is 20.7. The van der Waals surface area contributed by atoms with Crippen LogP contribution in [0, 0.1) is 0 Å². The molecule has 8 heteroatoms. The Kier molecular flexibility index (Phi) is 9.68. The van der Waals surface area contributed by atoms with Crippen molar-refractivity contribution in [2.75, 3.05) is 51.9 Å². The normalized spacial score (nSPS) is 16.9. The average Bonchev–Trinajstić information content (AvgIpc) is 2.82. The van der Waals surface area contributed by atoms with Crippen LogP contribution in [0.1, 0.15) is 25.0 Å². The highest BCUT2D eigenvalue weighted by atomic mass is 35.5. The molecule has 0 amide bonds. The number of benzene rings is 2. The van der Waals surface area contributed by atoms with Gasteiger partial charge in [-0.3, -0.25) is 4.90 Å². The maximum Gasteiger partial charge on any atom is 0.138 e. The zero-order chi connectivity index (χ0) is 23.8. The van der Waals surface area contributed by atoms with E-state index in [1.807, 2.05) is 42.5 Å². The van der Waals surface area contributed by atoms with Crippen LogP contribution < -0.4 is 9.47 Å². The van der Waals surface area contributed by atoms with Crippen molar-refractivity contribution in [3.63, 3.8) is 0 Å². The minimum atomic E-state index is -0.736. The van der Waals surface area contributed by atoms with E-state index in [0.29, 0.717) is 30.5 Å². The molecule has 1 heterocycles. The number of alkyl halides is 1. The largest absolute Gasteiger partial charge is 0.491 e. The first-order chi connectivity index (χ1) is 15.8. The van der Waals surface area contributed by atoms with E-state index in [9.17, 15) is 10.2 Å². The summed E-state index contributed by atoms with van der Waals surface area (Å²) in [6.07, 6.45) is -1.28. The molecule has 0 unspecified atom stereocenters. The zero-order valence-electron chi connectivity index (χ0n) is 19.2. The van der Waals surface area contributed by atoms with E-state index in [2.05, 4.69) is 18.7 Å². The van der Waals surface area contributed by atoms with Crippen LogP contribution in [0.15, 0.2) is 42.5 Å². The summed E-state index contributed by atoms with van der Waals surface area (Å²) in [7, 11) is 0. The molecule has 1 aliphatic rings. The lowest BCUT2D eigenvalue weighted by Gasteiger charge is -2.28. The molecule has 1 aliphatic heterocycles. The van der Waals surface area contributed by atoms with Crippen molar-refractivity contribution in [2.24, 2.45) is 0 Å². The lowest BCUT2D eigenvalue weighted by molar-refractivity contribution is 0.00465. The summed E-state index contributed by atoms with van der Waals surface area (Å²) in [5, 5.41) is 20.3. The minimum Gasteiger partial charge on any atom is -0.491 e. The summed E-state index contributed by atoms with van der Waals surface area (Å²) >= 11 is 12.0. The van der Waals surface area contributed by atoms with Crippen LogP contribution in [0.3, 0.4) is 0 Å². The number of hydrogen-bond donors (Lipinski definition) is 2. The maximum atomic E-state index is 10.3. The Labute approximate surface area is 206 Å². The topological polar surface area (TPSA) is 71.4 Å². The molecule has 33 heavy (non-hydrogen) atoms.